The highest BCUT2D eigenvalue weighted by molar-refractivity contribution is 7.95. The molecule has 0 aliphatic carbocycles. The molecule has 2 heterocycles. The van der Waals surface area contributed by atoms with Gasteiger partial charge in [-0.1, -0.05) is 29.5 Å². The molecule has 0 unspecified atom stereocenters. The molecule has 0 radical (unpaired) electrons. The molecule has 0 spiro atoms. The van der Waals surface area contributed by atoms with E-state index in [2.05, 4.69) is 4.98 Å². The normalized spacial score (nSPS) is 14.7. The maximum atomic E-state index is 12.7. The number of nitrogens with two attached hydrogens (primary N) is 1. The Morgan fingerprint density at radius 3 is 2.79 bits per heavy atom. The van der Waals surface area contributed by atoms with E-state index < -0.39 is 10.0 Å². The van der Waals surface area contributed by atoms with Gasteiger partial charge in [0.1, 0.15) is 0 Å². The summed E-state index contributed by atoms with van der Waals surface area (Å²) in [7, 11) is -3.55. The van der Waals surface area contributed by atoms with Crippen LogP contribution in [0.15, 0.2) is 28.5 Å². The van der Waals surface area contributed by atoms with Gasteiger partial charge in [-0.15, -0.1) is 0 Å². The van der Waals surface area contributed by atoms with Gasteiger partial charge in [0.05, 0.1) is 11.4 Å². The number of anilines is 2. The Morgan fingerprint density at radius 2 is 2.11 bits per heavy atom. The SMILES string of the molecule is Cc1nc(N)sc1S(=O)(=O)N1CCc2ccccc21. The number of fused-ring (bicyclic) bond motifs is 1. The molecule has 0 fully saturated rings. The molecule has 1 aliphatic heterocycles. The van der Waals surface area contributed by atoms with Crippen LogP contribution in [0.2, 0.25) is 0 Å². The van der Waals surface area contributed by atoms with Crippen molar-refractivity contribution in [2.75, 3.05) is 16.6 Å². The van der Waals surface area contributed by atoms with Crippen molar-refractivity contribution in [3.8, 4) is 0 Å². The molecule has 2 aromatic rings. The van der Waals surface area contributed by atoms with Crippen LogP contribution in [0.25, 0.3) is 0 Å². The summed E-state index contributed by atoms with van der Waals surface area (Å²) in [6.45, 7) is 2.14. The van der Waals surface area contributed by atoms with Crippen LogP contribution in [0, 0.1) is 6.92 Å². The summed E-state index contributed by atoms with van der Waals surface area (Å²) in [5, 5.41) is 0.281. The minimum Gasteiger partial charge on any atom is -0.375 e. The van der Waals surface area contributed by atoms with E-state index >= 15 is 0 Å². The van der Waals surface area contributed by atoms with Gasteiger partial charge in [-0.2, -0.15) is 0 Å². The van der Waals surface area contributed by atoms with Crippen molar-refractivity contribution in [3.63, 3.8) is 0 Å². The fourth-order valence-electron chi connectivity index (χ4n) is 2.30. The fraction of sp³-hybridized carbons (Fsp3) is 0.250. The van der Waals surface area contributed by atoms with E-state index in [1.807, 2.05) is 24.3 Å². The summed E-state index contributed by atoms with van der Waals surface area (Å²) in [5.41, 5.74) is 7.87. The third-order valence-electron chi connectivity index (χ3n) is 3.14. The summed E-state index contributed by atoms with van der Waals surface area (Å²) in [5.74, 6) is 0. The maximum Gasteiger partial charge on any atom is 0.275 e. The highest BCUT2D eigenvalue weighted by atomic mass is 32.2. The van der Waals surface area contributed by atoms with E-state index in [0.717, 1.165) is 29.0 Å². The molecule has 0 saturated carbocycles. The lowest BCUT2D eigenvalue weighted by atomic mass is 10.2. The van der Waals surface area contributed by atoms with E-state index in [0.29, 0.717) is 12.2 Å². The summed E-state index contributed by atoms with van der Waals surface area (Å²) >= 11 is 1.02. The molecule has 0 amide bonds. The van der Waals surface area contributed by atoms with Crippen LogP contribution in [0.4, 0.5) is 10.8 Å². The Kier molecular flexibility index (Phi) is 2.75. The van der Waals surface area contributed by atoms with Gasteiger partial charge in [0.2, 0.25) is 0 Å². The van der Waals surface area contributed by atoms with Crippen molar-refractivity contribution in [3.05, 3.63) is 35.5 Å². The second-order valence-electron chi connectivity index (χ2n) is 4.38. The standard InChI is InChI=1S/C12H13N3O2S2/c1-8-11(18-12(13)14-8)19(16,17)15-7-6-9-4-2-3-5-10(9)15/h2-5H,6-7H2,1H3,(H2,13,14). The van der Waals surface area contributed by atoms with Crippen molar-refractivity contribution < 1.29 is 8.42 Å². The minimum absolute atomic E-state index is 0.238. The van der Waals surface area contributed by atoms with E-state index in [-0.39, 0.29) is 9.34 Å². The molecule has 7 heteroatoms. The van der Waals surface area contributed by atoms with E-state index in [1.54, 1.807) is 6.92 Å². The van der Waals surface area contributed by atoms with Crippen molar-refractivity contribution in [2.45, 2.75) is 17.6 Å². The largest absolute Gasteiger partial charge is 0.375 e. The van der Waals surface area contributed by atoms with Crippen molar-refractivity contribution in [1.82, 2.24) is 4.98 Å². The fourth-order valence-corrected chi connectivity index (χ4v) is 5.20. The Bertz CT molecular complexity index is 737. The summed E-state index contributed by atoms with van der Waals surface area (Å²) in [4.78, 5) is 4.00. The molecular formula is C12H13N3O2S2. The Balaban J connectivity index is 2.11. The van der Waals surface area contributed by atoms with Crippen LogP contribution in [0.3, 0.4) is 0 Å². The number of rotatable bonds is 2. The first-order valence-electron chi connectivity index (χ1n) is 5.83. The zero-order valence-electron chi connectivity index (χ0n) is 10.3. The average Bonchev–Trinajstić information content (AvgIpc) is 2.93. The summed E-state index contributed by atoms with van der Waals surface area (Å²) in [6, 6.07) is 7.56. The van der Waals surface area contributed by atoms with Gasteiger partial charge in [0.25, 0.3) is 10.0 Å². The van der Waals surface area contributed by atoms with Crippen LogP contribution in [0.1, 0.15) is 11.3 Å². The molecule has 19 heavy (non-hydrogen) atoms. The smallest absolute Gasteiger partial charge is 0.275 e. The zero-order valence-corrected chi connectivity index (χ0v) is 12.0. The van der Waals surface area contributed by atoms with Gasteiger partial charge in [0.15, 0.2) is 9.34 Å². The van der Waals surface area contributed by atoms with Gasteiger partial charge in [0, 0.05) is 6.54 Å². The van der Waals surface area contributed by atoms with Crippen LogP contribution < -0.4 is 10.0 Å². The van der Waals surface area contributed by atoms with Gasteiger partial charge in [-0.3, -0.25) is 4.31 Å². The zero-order chi connectivity index (χ0) is 13.6. The number of aryl methyl sites for hydroxylation is 1. The number of nitrogens with zero attached hydrogens (tertiary/aromatic N) is 2. The summed E-state index contributed by atoms with van der Waals surface area (Å²) in [6.07, 6.45) is 0.739. The van der Waals surface area contributed by atoms with Crippen molar-refractivity contribution >= 4 is 32.2 Å². The van der Waals surface area contributed by atoms with Gasteiger partial charge in [-0.25, -0.2) is 13.4 Å². The lowest BCUT2D eigenvalue weighted by molar-refractivity contribution is 0.593. The molecule has 0 saturated heterocycles. The highest BCUT2D eigenvalue weighted by Crippen LogP contribution is 2.35. The number of hydrogen-bond acceptors (Lipinski definition) is 5. The number of sulfonamides is 1. The van der Waals surface area contributed by atoms with E-state index in [4.69, 9.17) is 5.73 Å². The molecule has 0 atom stereocenters. The third kappa shape index (κ3) is 1.89. The second-order valence-corrected chi connectivity index (χ2v) is 7.47. The van der Waals surface area contributed by atoms with Crippen LogP contribution in [0.5, 0.6) is 0 Å². The number of nitrogen functional groups attached to an aromatic ring is 1. The Labute approximate surface area is 115 Å². The van der Waals surface area contributed by atoms with Crippen molar-refractivity contribution in [1.29, 1.82) is 0 Å². The first kappa shape index (κ1) is 12.4. The average molecular weight is 295 g/mol. The van der Waals surface area contributed by atoms with E-state index in [1.165, 1.54) is 4.31 Å². The predicted molar refractivity (Wildman–Crippen MR) is 75.9 cm³/mol. The summed E-state index contributed by atoms with van der Waals surface area (Å²) < 4.78 is 27.0. The van der Waals surface area contributed by atoms with Gasteiger partial charge in [-0.05, 0) is 25.0 Å². The predicted octanol–water partition coefficient (Wildman–Crippen LogP) is 1.79. The number of para-hydroxylation sites is 1. The van der Waals surface area contributed by atoms with Crippen LogP contribution in [-0.4, -0.2) is 19.9 Å². The monoisotopic (exact) mass is 295 g/mol. The van der Waals surface area contributed by atoms with E-state index in [9.17, 15) is 8.42 Å². The quantitative estimate of drug-likeness (QED) is 0.916. The Hall–Kier alpha value is -1.60. The second kappa shape index (κ2) is 4.21. The first-order chi connectivity index (χ1) is 9.00. The van der Waals surface area contributed by atoms with Crippen LogP contribution >= 0.6 is 11.3 Å². The number of thiazole rings is 1. The van der Waals surface area contributed by atoms with Crippen molar-refractivity contribution in [2.24, 2.45) is 0 Å². The molecule has 0 bridgehead atoms. The van der Waals surface area contributed by atoms with Gasteiger partial charge >= 0.3 is 0 Å². The molecule has 1 aliphatic rings. The number of aromatic nitrogens is 1. The molecular weight excluding hydrogens is 282 g/mol. The molecule has 2 N–H and O–H groups in total. The number of hydrogen-bond donors (Lipinski definition) is 1. The number of benzene rings is 1. The van der Waals surface area contributed by atoms with Gasteiger partial charge < -0.3 is 5.73 Å². The Morgan fingerprint density at radius 1 is 1.37 bits per heavy atom. The molecule has 1 aromatic heterocycles. The topological polar surface area (TPSA) is 76.3 Å². The highest BCUT2D eigenvalue weighted by Gasteiger charge is 2.33. The first-order valence-corrected chi connectivity index (χ1v) is 8.09. The minimum atomic E-state index is -3.55. The molecule has 5 nitrogen and oxygen atoms in total. The maximum absolute atomic E-state index is 12.7. The lowest BCUT2D eigenvalue weighted by Gasteiger charge is -2.18. The molecule has 100 valence electrons. The lowest BCUT2D eigenvalue weighted by Crippen LogP contribution is -2.28. The molecule has 3 rings (SSSR count). The third-order valence-corrected chi connectivity index (χ3v) is 6.53. The molecule has 1 aromatic carbocycles. The van der Waals surface area contributed by atoms with Crippen LogP contribution in [-0.2, 0) is 16.4 Å².